The Morgan fingerprint density at radius 1 is 1.06 bits per heavy atom. The number of aliphatic imine (C=N–C) groups is 1. The van der Waals surface area contributed by atoms with Gasteiger partial charge in [0.1, 0.15) is 5.82 Å². The molecular formula is C25H19FN2O4S. The van der Waals surface area contributed by atoms with Crippen LogP contribution in [-0.4, -0.2) is 24.2 Å². The summed E-state index contributed by atoms with van der Waals surface area (Å²) in [6, 6.07) is 17.8. The van der Waals surface area contributed by atoms with Gasteiger partial charge >= 0.3 is 5.97 Å². The predicted molar refractivity (Wildman–Crippen MR) is 126 cm³/mol. The molecule has 1 amide bonds. The maximum absolute atomic E-state index is 13.4. The number of amides is 1. The van der Waals surface area contributed by atoms with Crippen LogP contribution in [0.2, 0.25) is 0 Å². The number of aryl methyl sites for hydroxylation is 1. The minimum Gasteiger partial charge on any atom is -0.493 e. The van der Waals surface area contributed by atoms with Crippen molar-refractivity contribution in [3.63, 3.8) is 0 Å². The minimum atomic E-state index is -0.707. The van der Waals surface area contributed by atoms with Gasteiger partial charge in [0.05, 0.1) is 23.3 Å². The molecule has 0 aromatic heterocycles. The lowest BCUT2D eigenvalue weighted by atomic mass is 10.1. The van der Waals surface area contributed by atoms with E-state index < -0.39 is 11.8 Å². The number of esters is 1. The number of nitrogens with one attached hydrogen (secondary N) is 1. The average Bonchev–Trinajstić information content (AvgIpc) is 3.14. The van der Waals surface area contributed by atoms with Crippen LogP contribution in [0.15, 0.2) is 76.6 Å². The van der Waals surface area contributed by atoms with Gasteiger partial charge in [-0.15, -0.1) is 0 Å². The second-order valence-electron chi connectivity index (χ2n) is 7.13. The molecule has 1 heterocycles. The summed E-state index contributed by atoms with van der Waals surface area (Å²) in [5.74, 6) is -1.02. The van der Waals surface area contributed by atoms with E-state index in [2.05, 4.69) is 10.3 Å². The number of amidine groups is 1. The average molecular weight is 463 g/mol. The van der Waals surface area contributed by atoms with E-state index in [9.17, 15) is 14.0 Å². The van der Waals surface area contributed by atoms with E-state index in [0.29, 0.717) is 21.4 Å². The van der Waals surface area contributed by atoms with Gasteiger partial charge in [-0.05, 0) is 72.8 Å². The first-order valence-corrected chi connectivity index (χ1v) is 10.7. The molecule has 0 bridgehead atoms. The number of methoxy groups -OCH3 is 1. The van der Waals surface area contributed by atoms with E-state index in [4.69, 9.17) is 9.47 Å². The third kappa shape index (κ3) is 5.48. The van der Waals surface area contributed by atoms with Crippen molar-refractivity contribution in [1.82, 2.24) is 5.32 Å². The largest absolute Gasteiger partial charge is 0.493 e. The fourth-order valence-electron chi connectivity index (χ4n) is 3.00. The SMILES string of the molecule is COc1cc(/C=C2\SC(=Nc3ccc(C)cc3)NC2=O)ccc1OC(=O)c1cccc(F)c1. The van der Waals surface area contributed by atoms with Crippen molar-refractivity contribution in [2.75, 3.05) is 7.11 Å². The zero-order chi connectivity index (χ0) is 23.4. The van der Waals surface area contributed by atoms with Crippen molar-refractivity contribution in [3.8, 4) is 11.5 Å². The zero-order valence-corrected chi connectivity index (χ0v) is 18.6. The maximum atomic E-state index is 13.4. The van der Waals surface area contributed by atoms with Gasteiger partial charge in [0, 0.05) is 0 Å². The standard InChI is InChI=1S/C25H19FN2O4S/c1-15-6-9-19(10-7-15)27-25-28-23(29)22(33-25)13-16-8-11-20(21(12-16)31-2)32-24(30)17-4-3-5-18(26)14-17/h3-14H,1-2H3,(H,27,28,29)/b22-13-. The van der Waals surface area contributed by atoms with Gasteiger partial charge in [0.15, 0.2) is 16.7 Å². The lowest BCUT2D eigenvalue weighted by molar-refractivity contribution is -0.115. The number of hydrogen-bond donors (Lipinski definition) is 1. The summed E-state index contributed by atoms with van der Waals surface area (Å²) in [7, 11) is 1.44. The summed E-state index contributed by atoms with van der Waals surface area (Å²) in [5.41, 5.74) is 2.63. The van der Waals surface area contributed by atoms with Crippen LogP contribution in [-0.2, 0) is 4.79 Å². The number of hydrogen-bond acceptors (Lipinski definition) is 6. The smallest absolute Gasteiger partial charge is 0.343 e. The Morgan fingerprint density at radius 2 is 1.85 bits per heavy atom. The summed E-state index contributed by atoms with van der Waals surface area (Å²) in [6.45, 7) is 1.99. The molecule has 8 heteroatoms. The highest BCUT2D eigenvalue weighted by atomic mass is 32.2. The molecular weight excluding hydrogens is 443 g/mol. The van der Waals surface area contributed by atoms with E-state index >= 15 is 0 Å². The van der Waals surface area contributed by atoms with Crippen LogP contribution in [0.25, 0.3) is 6.08 Å². The molecule has 1 fully saturated rings. The van der Waals surface area contributed by atoms with Gasteiger partial charge in [-0.25, -0.2) is 14.2 Å². The van der Waals surface area contributed by atoms with Crippen LogP contribution in [0.3, 0.4) is 0 Å². The quantitative estimate of drug-likeness (QED) is 0.318. The van der Waals surface area contributed by atoms with Crippen molar-refractivity contribution in [1.29, 1.82) is 0 Å². The summed E-state index contributed by atoms with van der Waals surface area (Å²) in [4.78, 5) is 29.6. The van der Waals surface area contributed by atoms with E-state index in [0.717, 1.165) is 17.3 Å². The number of thioether (sulfide) groups is 1. The number of nitrogens with zero attached hydrogens (tertiary/aromatic N) is 1. The first-order valence-electron chi connectivity index (χ1n) is 9.93. The lowest BCUT2D eigenvalue weighted by Crippen LogP contribution is -2.19. The van der Waals surface area contributed by atoms with E-state index in [-0.39, 0.29) is 17.2 Å². The molecule has 1 saturated heterocycles. The summed E-state index contributed by atoms with van der Waals surface area (Å²) in [5, 5.41) is 3.24. The molecule has 33 heavy (non-hydrogen) atoms. The molecule has 6 nitrogen and oxygen atoms in total. The van der Waals surface area contributed by atoms with Crippen LogP contribution in [0.5, 0.6) is 11.5 Å². The zero-order valence-electron chi connectivity index (χ0n) is 17.8. The Morgan fingerprint density at radius 3 is 2.58 bits per heavy atom. The maximum Gasteiger partial charge on any atom is 0.343 e. The van der Waals surface area contributed by atoms with Crippen LogP contribution in [0, 0.1) is 12.7 Å². The Labute approximate surface area is 194 Å². The van der Waals surface area contributed by atoms with Gasteiger partial charge in [0.2, 0.25) is 0 Å². The second-order valence-corrected chi connectivity index (χ2v) is 8.16. The van der Waals surface area contributed by atoms with E-state index in [1.54, 1.807) is 24.3 Å². The Bertz CT molecular complexity index is 1290. The van der Waals surface area contributed by atoms with E-state index in [1.165, 1.54) is 37.1 Å². The van der Waals surface area contributed by atoms with Crippen LogP contribution < -0.4 is 14.8 Å². The van der Waals surface area contributed by atoms with Gasteiger partial charge in [-0.3, -0.25) is 4.79 Å². The van der Waals surface area contributed by atoms with Crippen molar-refractivity contribution >= 4 is 40.6 Å². The Kier molecular flexibility index (Phi) is 6.55. The first kappa shape index (κ1) is 22.3. The highest BCUT2D eigenvalue weighted by molar-refractivity contribution is 8.18. The Balaban J connectivity index is 1.52. The fraction of sp³-hybridized carbons (Fsp3) is 0.0800. The highest BCUT2D eigenvalue weighted by Crippen LogP contribution is 2.32. The van der Waals surface area contributed by atoms with Crippen molar-refractivity contribution in [3.05, 3.63) is 94.1 Å². The molecule has 1 aliphatic heterocycles. The van der Waals surface area contributed by atoms with Gasteiger partial charge in [0.25, 0.3) is 5.91 Å². The minimum absolute atomic E-state index is 0.0858. The number of rotatable bonds is 5. The number of benzene rings is 3. The number of halogens is 1. The van der Waals surface area contributed by atoms with Gasteiger partial charge in [-0.1, -0.05) is 29.8 Å². The molecule has 0 aliphatic carbocycles. The molecule has 166 valence electrons. The van der Waals surface area contributed by atoms with Crippen molar-refractivity contribution in [2.45, 2.75) is 6.92 Å². The van der Waals surface area contributed by atoms with Crippen molar-refractivity contribution in [2.24, 2.45) is 4.99 Å². The predicted octanol–water partition coefficient (Wildman–Crippen LogP) is 5.25. The number of ether oxygens (including phenoxy) is 2. The second kappa shape index (κ2) is 9.70. The van der Waals surface area contributed by atoms with Crippen molar-refractivity contribution < 1.29 is 23.5 Å². The number of carbonyl (C=O) groups excluding carboxylic acids is 2. The summed E-state index contributed by atoms with van der Waals surface area (Å²) < 4.78 is 24.1. The molecule has 3 aromatic rings. The molecule has 1 N–H and O–H groups in total. The van der Waals surface area contributed by atoms with Crippen LogP contribution in [0.1, 0.15) is 21.5 Å². The van der Waals surface area contributed by atoms with E-state index in [1.807, 2.05) is 31.2 Å². The highest BCUT2D eigenvalue weighted by Gasteiger charge is 2.24. The Hall–Kier alpha value is -3.91. The molecule has 0 spiro atoms. The molecule has 0 saturated carbocycles. The lowest BCUT2D eigenvalue weighted by Gasteiger charge is -2.10. The molecule has 0 radical (unpaired) electrons. The normalized spacial score (nSPS) is 15.5. The number of carbonyl (C=O) groups is 2. The topological polar surface area (TPSA) is 77.0 Å². The molecule has 0 unspecified atom stereocenters. The monoisotopic (exact) mass is 462 g/mol. The molecule has 0 atom stereocenters. The summed E-state index contributed by atoms with van der Waals surface area (Å²) in [6.07, 6.45) is 1.69. The molecule has 1 aliphatic rings. The van der Waals surface area contributed by atoms with Crippen LogP contribution >= 0.6 is 11.8 Å². The fourth-order valence-corrected chi connectivity index (χ4v) is 3.84. The van der Waals surface area contributed by atoms with Gasteiger partial charge in [-0.2, -0.15) is 0 Å². The molecule has 3 aromatic carbocycles. The molecule has 4 rings (SSSR count). The first-order chi connectivity index (χ1) is 15.9. The van der Waals surface area contributed by atoms with Gasteiger partial charge < -0.3 is 14.8 Å². The third-order valence-electron chi connectivity index (χ3n) is 4.66. The third-order valence-corrected chi connectivity index (χ3v) is 5.57. The summed E-state index contributed by atoms with van der Waals surface area (Å²) >= 11 is 1.23. The van der Waals surface area contributed by atoms with Crippen LogP contribution in [0.4, 0.5) is 10.1 Å².